The summed E-state index contributed by atoms with van der Waals surface area (Å²) >= 11 is 0. The second-order valence-electron chi connectivity index (χ2n) is 10.1. The van der Waals surface area contributed by atoms with Gasteiger partial charge in [0.25, 0.3) is 0 Å². The highest BCUT2D eigenvalue weighted by Gasteiger charge is 2.35. The van der Waals surface area contributed by atoms with Crippen molar-refractivity contribution in [3.05, 3.63) is 59.4 Å². The molecule has 1 fully saturated rings. The number of nitrogens with one attached hydrogen (secondary N) is 2. The van der Waals surface area contributed by atoms with Crippen LogP contribution in [0.5, 0.6) is 5.75 Å². The Hall–Kier alpha value is -2.45. The first-order chi connectivity index (χ1) is 16.9. The zero-order valence-electron chi connectivity index (χ0n) is 20.2. The zero-order chi connectivity index (χ0) is 24.4. The third kappa shape index (κ3) is 5.38. The van der Waals surface area contributed by atoms with E-state index in [-0.39, 0.29) is 10.8 Å². The van der Waals surface area contributed by atoms with Gasteiger partial charge in [0, 0.05) is 25.4 Å². The van der Waals surface area contributed by atoms with Gasteiger partial charge in [0.2, 0.25) is 10.0 Å². The summed E-state index contributed by atoms with van der Waals surface area (Å²) < 4.78 is 46.8. The predicted octanol–water partition coefficient (Wildman–Crippen LogP) is 4.41. The number of aliphatic imine (C=N–C) groups is 1. The van der Waals surface area contributed by atoms with E-state index >= 15 is 0 Å². The minimum Gasteiger partial charge on any atom is -0.497 e. The van der Waals surface area contributed by atoms with Crippen LogP contribution in [0.4, 0.5) is 4.39 Å². The molecule has 0 spiro atoms. The minimum atomic E-state index is -3.82. The van der Waals surface area contributed by atoms with Crippen LogP contribution in [-0.2, 0) is 16.4 Å². The highest BCUT2D eigenvalue weighted by Crippen LogP contribution is 2.41. The Kier molecular flexibility index (Phi) is 7.12. The lowest BCUT2D eigenvalue weighted by molar-refractivity contribution is 0.275. The molecule has 0 saturated heterocycles. The number of amidine groups is 1. The Labute approximate surface area is 207 Å². The van der Waals surface area contributed by atoms with Gasteiger partial charge in [0.15, 0.2) is 0 Å². The Morgan fingerprint density at radius 3 is 2.51 bits per heavy atom. The molecule has 1 heterocycles. The molecule has 6 nitrogen and oxygen atoms in total. The molecule has 2 N–H and O–H groups in total. The van der Waals surface area contributed by atoms with E-state index in [0.29, 0.717) is 24.4 Å². The first kappa shape index (κ1) is 24.3. The molecule has 0 aromatic heterocycles. The summed E-state index contributed by atoms with van der Waals surface area (Å²) in [5.41, 5.74) is 2.81. The number of benzene rings is 2. The number of sulfonamides is 1. The number of fused-ring (bicyclic) bond motifs is 3. The molecule has 3 aliphatic rings. The van der Waals surface area contributed by atoms with Crippen molar-refractivity contribution in [2.24, 2.45) is 16.8 Å². The van der Waals surface area contributed by atoms with Crippen molar-refractivity contribution in [1.29, 1.82) is 0 Å². The molecule has 0 bridgehead atoms. The standard InChI is InChI=1S/C27H34FN3O3S/c1-34-21-11-12-22-20(14-21)10-13-25-23(22)15-27(31-25)29-16-18-6-8-19(9-7-18)17-30-35(32,33)26-5-3-2-4-24(26)28/h2-5,11-12,14,18-19,23,25,30H,6-10,13,15-17H2,1H3,(H,29,31)/t18?,19?,23-,25+/m0/s1. The smallest absolute Gasteiger partial charge is 0.243 e. The lowest BCUT2D eigenvalue weighted by Crippen LogP contribution is -2.34. The van der Waals surface area contributed by atoms with Gasteiger partial charge in [-0.05, 0) is 85.8 Å². The van der Waals surface area contributed by atoms with Gasteiger partial charge in [-0.15, -0.1) is 0 Å². The molecule has 0 radical (unpaired) electrons. The van der Waals surface area contributed by atoms with Gasteiger partial charge in [-0.3, -0.25) is 4.99 Å². The van der Waals surface area contributed by atoms with Crippen LogP contribution in [-0.4, -0.2) is 40.5 Å². The van der Waals surface area contributed by atoms with E-state index in [9.17, 15) is 12.8 Å². The molecular weight excluding hydrogens is 465 g/mol. The molecule has 2 aromatic carbocycles. The van der Waals surface area contributed by atoms with Crippen LogP contribution < -0.4 is 14.8 Å². The molecule has 2 aromatic rings. The molecule has 2 atom stereocenters. The van der Waals surface area contributed by atoms with Crippen LogP contribution in [0.15, 0.2) is 52.4 Å². The summed E-state index contributed by atoms with van der Waals surface area (Å²) in [6.07, 6.45) is 7.16. The topological polar surface area (TPSA) is 79.8 Å². The molecule has 1 saturated carbocycles. The molecule has 2 aliphatic carbocycles. The SMILES string of the molecule is COc1ccc2c(c1)CC[C@H]1N=C(NCC3CCC(CNS(=O)(=O)c4ccccc4F)CC3)C[C@@H]21. The predicted molar refractivity (Wildman–Crippen MR) is 135 cm³/mol. The molecule has 0 amide bonds. The fraction of sp³-hybridized carbons (Fsp3) is 0.519. The van der Waals surface area contributed by atoms with Crippen LogP contribution in [0.25, 0.3) is 0 Å². The fourth-order valence-electron chi connectivity index (χ4n) is 5.85. The summed E-state index contributed by atoms with van der Waals surface area (Å²) in [6.45, 7) is 1.28. The van der Waals surface area contributed by atoms with Crippen LogP contribution in [0.2, 0.25) is 0 Å². The zero-order valence-corrected chi connectivity index (χ0v) is 21.0. The molecule has 5 rings (SSSR count). The van der Waals surface area contributed by atoms with Crippen molar-refractivity contribution in [3.63, 3.8) is 0 Å². The summed E-state index contributed by atoms with van der Waals surface area (Å²) in [5.74, 6) is 2.65. The first-order valence-electron chi connectivity index (χ1n) is 12.6. The Morgan fingerprint density at radius 1 is 1.03 bits per heavy atom. The second kappa shape index (κ2) is 10.3. The summed E-state index contributed by atoms with van der Waals surface area (Å²) in [6, 6.07) is 12.3. The largest absolute Gasteiger partial charge is 0.497 e. The maximum Gasteiger partial charge on any atom is 0.243 e. The van der Waals surface area contributed by atoms with Gasteiger partial charge in [-0.25, -0.2) is 17.5 Å². The average molecular weight is 500 g/mol. The number of rotatable bonds is 7. The van der Waals surface area contributed by atoms with E-state index in [1.54, 1.807) is 7.11 Å². The van der Waals surface area contributed by atoms with E-state index in [4.69, 9.17) is 9.73 Å². The summed E-state index contributed by atoms with van der Waals surface area (Å²) in [7, 11) is -2.11. The van der Waals surface area contributed by atoms with Crippen molar-refractivity contribution in [2.75, 3.05) is 20.2 Å². The van der Waals surface area contributed by atoms with Crippen LogP contribution in [0.1, 0.15) is 55.6 Å². The van der Waals surface area contributed by atoms with Crippen molar-refractivity contribution in [1.82, 2.24) is 10.0 Å². The number of ether oxygens (including phenoxy) is 1. The van der Waals surface area contributed by atoms with E-state index in [0.717, 1.165) is 63.1 Å². The average Bonchev–Trinajstić information content (AvgIpc) is 3.30. The highest BCUT2D eigenvalue weighted by molar-refractivity contribution is 7.89. The monoisotopic (exact) mass is 499 g/mol. The Bertz CT molecular complexity index is 1190. The number of methoxy groups -OCH3 is 1. The maximum atomic E-state index is 13.9. The van der Waals surface area contributed by atoms with Gasteiger partial charge in [0.1, 0.15) is 16.5 Å². The molecular formula is C27H34FN3O3S. The minimum absolute atomic E-state index is 0.280. The van der Waals surface area contributed by atoms with Gasteiger partial charge in [-0.2, -0.15) is 0 Å². The third-order valence-electron chi connectivity index (χ3n) is 7.91. The van der Waals surface area contributed by atoms with E-state index in [2.05, 4.69) is 28.2 Å². The lowest BCUT2D eigenvalue weighted by atomic mass is 9.79. The Balaban J connectivity index is 1.07. The van der Waals surface area contributed by atoms with Crippen LogP contribution in [0, 0.1) is 17.7 Å². The van der Waals surface area contributed by atoms with Crippen LogP contribution in [0.3, 0.4) is 0 Å². The van der Waals surface area contributed by atoms with Crippen molar-refractivity contribution < 1.29 is 17.5 Å². The van der Waals surface area contributed by atoms with Gasteiger partial charge in [-0.1, -0.05) is 18.2 Å². The second-order valence-corrected chi connectivity index (χ2v) is 11.8. The quantitative estimate of drug-likeness (QED) is 0.592. The van der Waals surface area contributed by atoms with E-state index in [1.165, 1.54) is 35.4 Å². The van der Waals surface area contributed by atoms with E-state index in [1.807, 2.05) is 0 Å². The molecule has 8 heteroatoms. The number of hydrogen-bond donors (Lipinski definition) is 2. The first-order valence-corrected chi connectivity index (χ1v) is 14.1. The molecule has 188 valence electrons. The molecule has 35 heavy (non-hydrogen) atoms. The van der Waals surface area contributed by atoms with Crippen molar-refractivity contribution >= 4 is 15.9 Å². The maximum absolute atomic E-state index is 13.9. The van der Waals surface area contributed by atoms with Crippen molar-refractivity contribution in [2.45, 2.75) is 61.8 Å². The van der Waals surface area contributed by atoms with Gasteiger partial charge >= 0.3 is 0 Å². The lowest BCUT2D eigenvalue weighted by Gasteiger charge is -2.29. The molecule has 1 aliphatic heterocycles. The number of nitrogens with zero attached hydrogens (tertiary/aromatic N) is 1. The van der Waals surface area contributed by atoms with Gasteiger partial charge < -0.3 is 10.1 Å². The number of hydrogen-bond acceptors (Lipinski definition) is 5. The Morgan fingerprint density at radius 2 is 1.77 bits per heavy atom. The van der Waals surface area contributed by atoms with Crippen LogP contribution >= 0.6 is 0 Å². The van der Waals surface area contributed by atoms with Crippen molar-refractivity contribution in [3.8, 4) is 5.75 Å². The van der Waals surface area contributed by atoms with E-state index < -0.39 is 15.8 Å². The third-order valence-corrected chi connectivity index (χ3v) is 9.36. The number of aryl methyl sites for hydroxylation is 1. The molecule has 0 unspecified atom stereocenters. The fourth-order valence-corrected chi connectivity index (χ4v) is 7.04. The normalized spacial score (nSPS) is 25.9. The summed E-state index contributed by atoms with van der Waals surface area (Å²) in [4.78, 5) is 4.73. The number of halogens is 1. The summed E-state index contributed by atoms with van der Waals surface area (Å²) in [5, 5.41) is 3.63. The van der Waals surface area contributed by atoms with Gasteiger partial charge in [0.05, 0.1) is 19.0 Å². The highest BCUT2D eigenvalue weighted by atomic mass is 32.2.